The predicted molar refractivity (Wildman–Crippen MR) is 111 cm³/mol. The number of nitrogens with two attached hydrogens (primary N) is 1. The third kappa shape index (κ3) is 5.86. The number of nitrogens with zero attached hydrogens (tertiary/aromatic N) is 1. The first kappa shape index (κ1) is 21.5. The molecule has 1 saturated carbocycles. The highest BCUT2D eigenvalue weighted by Gasteiger charge is 2.28. The van der Waals surface area contributed by atoms with E-state index in [4.69, 9.17) is 10.5 Å². The monoisotopic (exact) mass is 439 g/mol. The fourth-order valence-corrected chi connectivity index (χ4v) is 4.01. The molecule has 0 spiro atoms. The highest BCUT2D eigenvalue weighted by Crippen LogP contribution is 2.32. The van der Waals surface area contributed by atoms with Crippen molar-refractivity contribution in [2.45, 2.75) is 71.1 Å². The average molecular weight is 440 g/mol. The minimum Gasteiger partial charge on any atom is -0.444 e. The fraction of sp³-hybridized carbons (Fsp3) is 0.600. The van der Waals surface area contributed by atoms with Gasteiger partial charge in [0.1, 0.15) is 5.60 Å². The Morgan fingerprint density at radius 1 is 1.22 bits per heavy atom. The molecule has 0 unspecified atom stereocenters. The molecule has 0 aromatic heterocycles. The molecule has 1 aliphatic rings. The number of hydrogen-bond acceptors (Lipinski definition) is 4. The molecule has 2 rings (SSSR count). The molecule has 0 radical (unpaired) electrons. The lowest BCUT2D eigenvalue weighted by Crippen LogP contribution is -2.44. The van der Waals surface area contributed by atoms with E-state index in [1.165, 1.54) is 0 Å². The third-order valence-corrected chi connectivity index (χ3v) is 5.41. The zero-order valence-corrected chi connectivity index (χ0v) is 18.4. The number of halogens is 1. The molecule has 7 heteroatoms. The number of amides is 2. The van der Waals surface area contributed by atoms with E-state index in [0.717, 1.165) is 41.4 Å². The van der Waals surface area contributed by atoms with Crippen molar-refractivity contribution in [2.24, 2.45) is 5.73 Å². The van der Waals surface area contributed by atoms with Crippen molar-refractivity contribution in [3.8, 4) is 0 Å². The summed E-state index contributed by atoms with van der Waals surface area (Å²) in [5.41, 5.74) is 7.45. The molecule has 0 bridgehead atoms. The average Bonchev–Trinajstić information content (AvgIpc) is 2.54. The second-order valence-corrected chi connectivity index (χ2v) is 9.14. The summed E-state index contributed by atoms with van der Waals surface area (Å²) in [6.45, 7) is 7.51. The van der Waals surface area contributed by atoms with E-state index in [1.807, 2.05) is 40.8 Å². The van der Waals surface area contributed by atoms with Gasteiger partial charge in [-0.15, -0.1) is 0 Å². The number of carbonyl (C=O) groups excluding carboxylic acids is 2. The molecule has 0 saturated heterocycles. The van der Waals surface area contributed by atoms with Crippen LogP contribution >= 0.6 is 15.9 Å². The van der Waals surface area contributed by atoms with Gasteiger partial charge in [-0.25, -0.2) is 4.79 Å². The number of hydrogen-bond donors (Lipinski definition) is 2. The molecule has 3 N–H and O–H groups in total. The molecule has 0 aliphatic heterocycles. The highest BCUT2D eigenvalue weighted by molar-refractivity contribution is 9.10. The Bertz CT molecular complexity index is 707. The SMILES string of the molecule is Cc1c(C(N)=O)cc(Br)cc1N(C)C1CCC(NC(=O)OC(C)(C)C)CC1. The molecule has 0 heterocycles. The van der Waals surface area contributed by atoms with E-state index in [2.05, 4.69) is 26.1 Å². The second kappa shape index (κ2) is 8.50. The van der Waals surface area contributed by atoms with Gasteiger partial charge in [0, 0.05) is 34.9 Å². The van der Waals surface area contributed by atoms with Gasteiger partial charge in [-0.05, 0) is 71.1 Å². The van der Waals surface area contributed by atoms with Crippen LogP contribution in [0.2, 0.25) is 0 Å². The van der Waals surface area contributed by atoms with Crippen molar-refractivity contribution in [3.63, 3.8) is 0 Å². The minimum atomic E-state index is -0.488. The van der Waals surface area contributed by atoms with E-state index in [9.17, 15) is 9.59 Å². The number of rotatable bonds is 4. The molecule has 27 heavy (non-hydrogen) atoms. The lowest BCUT2D eigenvalue weighted by Gasteiger charge is -2.37. The van der Waals surface area contributed by atoms with Crippen LogP contribution in [0.3, 0.4) is 0 Å². The number of alkyl carbamates (subject to hydrolysis) is 1. The maximum Gasteiger partial charge on any atom is 0.407 e. The molecule has 0 atom stereocenters. The first-order chi connectivity index (χ1) is 12.5. The van der Waals surface area contributed by atoms with Gasteiger partial charge in [-0.1, -0.05) is 15.9 Å². The van der Waals surface area contributed by atoms with Crippen LogP contribution in [-0.4, -0.2) is 36.7 Å². The van der Waals surface area contributed by atoms with Gasteiger partial charge >= 0.3 is 6.09 Å². The quantitative estimate of drug-likeness (QED) is 0.738. The minimum absolute atomic E-state index is 0.134. The van der Waals surface area contributed by atoms with Crippen molar-refractivity contribution in [1.29, 1.82) is 0 Å². The van der Waals surface area contributed by atoms with Gasteiger partial charge in [0.05, 0.1) is 0 Å². The van der Waals surface area contributed by atoms with Crippen LogP contribution < -0.4 is 16.0 Å². The molecule has 150 valence electrons. The fourth-order valence-electron chi connectivity index (χ4n) is 3.57. The maximum atomic E-state index is 12.0. The van der Waals surface area contributed by atoms with Crippen LogP contribution in [0.4, 0.5) is 10.5 Å². The Kier molecular flexibility index (Phi) is 6.78. The molecule has 1 aromatic rings. The van der Waals surface area contributed by atoms with E-state index >= 15 is 0 Å². The van der Waals surface area contributed by atoms with Crippen LogP contribution in [-0.2, 0) is 4.74 Å². The number of nitrogens with one attached hydrogen (secondary N) is 1. The molecule has 1 aromatic carbocycles. The molecule has 2 amide bonds. The molecule has 1 aliphatic carbocycles. The second-order valence-electron chi connectivity index (χ2n) is 8.22. The first-order valence-electron chi connectivity index (χ1n) is 9.30. The van der Waals surface area contributed by atoms with Crippen molar-refractivity contribution in [1.82, 2.24) is 5.32 Å². The molecular weight excluding hydrogens is 410 g/mol. The topological polar surface area (TPSA) is 84.7 Å². The van der Waals surface area contributed by atoms with E-state index < -0.39 is 11.5 Å². The summed E-state index contributed by atoms with van der Waals surface area (Å²) < 4.78 is 6.18. The third-order valence-electron chi connectivity index (χ3n) is 4.96. The van der Waals surface area contributed by atoms with Crippen LogP contribution in [0.1, 0.15) is 62.4 Å². The van der Waals surface area contributed by atoms with Gasteiger partial charge in [0.2, 0.25) is 5.91 Å². The number of primary amides is 1. The Balaban J connectivity index is 2.00. The Hall–Kier alpha value is -1.76. The van der Waals surface area contributed by atoms with Crippen LogP contribution in [0.25, 0.3) is 0 Å². The van der Waals surface area contributed by atoms with Gasteiger partial charge in [-0.3, -0.25) is 4.79 Å². The normalized spacial score (nSPS) is 20.1. The summed E-state index contributed by atoms with van der Waals surface area (Å²) in [5.74, 6) is -0.422. The Morgan fingerprint density at radius 2 is 1.81 bits per heavy atom. The lowest BCUT2D eigenvalue weighted by molar-refractivity contribution is 0.0491. The predicted octanol–water partition coefficient (Wildman–Crippen LogP) is 4.13. The first-order valence-corrected chi connectivity index (χ1v) is 10.1. The van der Waals surface area contributed by atoms with E-state index in [-0.39, 0.29) is 12.1 Å². The highest BCUT2D eigenvalue weighted by atomic mass is 79.9. The molecule has 6 nitrogen and oxygen atoms in total. The van der Waals surface area contributed by atoms with Crippen molar-refractivity contribution in [2.75, 3.05) is 11.9 Å². The summed E-state index contributed by atoms with van der Waals surface area (Å²) in [4.78, 5) is 25.9. The largest absolute Gasteiger partial charge is 0.444 e. The summed E-state index contributed by atoms with van der Waals surface area (Å²) in [7, 11) is 2.05. The van der Waals surface area contributed by atoms with Crippen LogP contribution in [0.15, 0.2) is 16.6 Å². The smallest absolute Gasteiger partial charge is 0.407 e. The number of carbonyl (C=O) groups is 2. The van der Waals surface area contributed by atoms with Gasteiger partial charge in [0.25, 0.3) is 0 Å². The maximum absolute atomic E-state index is 12.0. The standard InChI is InChI=1S/C20H30BrN3O3/c1-12-16(18(22)25)10-13(21)11-17(12)24(5)15-8-6-14(7-9-15)23-19(26)27-20(2,3)4/h10-11,14-15H,6-9H2,1-5H3,(H2,22,25)(H,23,26). The van der Waals surface area contributed by atoms with E-state index in [0.29, 0.717) is 11.6 Å². The number of ether oxygens (including phenoxy) is 1. The molecular formula is C20H30BrN3O3. The van der Waals surface area contributed by atoms with Gasteiger partial charge in [-0.2, -0.15) is 0 Å². The Morgan fingerprint density at radius 3 is 2.33 bits per heavy atom. The van der Waals surface area contributed by atoms with Crippen LogP contribution in [0, 0.1) is 6.92 Å². The summed E-state index contributed by atoms with van der Waals surface area (Å²) >= 11 is 3.47. The van der Waals surface area contributed by atoms with Crippen molar-refractivity contribution >= 4 is 33.6 Å². The number of anilines is 1. The van der Waals surface area contributed by atoms with E-state index in [1.54, 1.807) is 6.07 Å². The van der Waals surface area contributed by atoms with Gasteiger partial charge < -0.3 is 20.7 Å². The summed E-state index contributed by atoms with van der Waals surface area (Å²) in [6.07, 6.45) is 3.34. The van der Waals surface area contributed by atoms with Crippen LogP contribution in [0.5, 0.6) is 0 Å². The lowest BCUT2D eigenvalue weighted by atomic mass is 9.89. The number of benzene rings is 1. The molecule has 1 fully saturated rings. The van der Waals surface area contributed by atoms with Crippen molar-refractivity contribution < 1.29 is 14.3 Å². The summed E-state index contributed by atoms with van der Waals surface area (Å²) in [5, 5.41) is 2.97. The Labute approximate surface area is 169 Å². The van der Waals surface area contributed by atoms with Crippen molar-refractivity contribution in [3.05, 3.63) is 27.7 Å². The summed E-state index contributed by atoms with van der Waals surface area (Å²) in [6, 6.07) is 4.26. The van der Waals surface area contributed by atoms with Gasteiger partial charge in [0.15, 0.2) is 0 Å². The zero-order chi connectivity index (χ0) is 20.4. The zero-order valence-electron chi connectivity index (χ0n) is 16.8.